The topological polar surface area (TPSA) is 64.3 Å². The first-order chi connectivity index (χ1) is 17.1. The van der Waals surface area contributed by atoms with Gasteiger partial charge in [0.2, 0.25) is 5.69 Å². The van der Waals surface area contributed by atoms with Gasteiger partial charge in [0.1, 0.15) is 0 Å². The average molecular weight is 480 g/mol. The van der Waals surface area contributed by atoms with Crippen LogP contribution in [0.2, 0.25) is 0 Å². The summed E-state index contributed by atoms with van der Waals surface area (Å²) in [6.45, 7) is 4.43. The van der Waals surface area contributed by atoms with E-state index in [1.807, 2.05) is 6.07 Å². The fraction of sp³-hybridized carbons (Fsp3) is 0.464. The summed E-state index contributed by atoms with van der Waals surface area (Å²) in [6.07, 6.45) is 5.64. The molecular formula is C28H35N2O5+. The lowest BCUT2D eigenvalue weighted by Crippen LogP contribution is -2.40. The number of likely N-dealkylation sites (tertiary alicyclic amines) is 1. The Labute approximate surface area is 206 Å². The fourth-order valence-electron chi connectivity index (χ4n) is 5.27. The molecule has 186 valence electrons. The molecule has 0 saturated carbocycles. The molecule has 3 aromatic rings. The summed E-state index contributed by atoms with van der Waals surface area (Å²) in [5.74, 6) is 3.05. The van der Waals surface area contributed by atoms with Crippen LogP contribution < -0.4 is 23.5 Å². The van der Waals surface area contributed by atoms with Crippen molar-refractivity contribution in [2.75, 3.05) is 47.6 Å². The lowest BCUT2D eigenvalue weighted by atomic mass is 9.95. The summed E-state index contributed by atoms with van der Waals surface area (Å²) in [5, 5.41) is 11.8. The predicted molar refractivity (Wildman–Crippen MR) is 135 cm³/mol. The molecule has 0 atom stereocenters. The van der Waals surface area contributed by atoms with Crippen molar-refractivity contribution in [2.24, 2.45) is 0 Å². The number of piperidine rings is 1. The average Bonchev–Trinajstić information content (AvgIpc) is 2.89. The number of methoxy groups -OCH3 is 3. The van der Waals surface area contributed by atoms with Crippen LogP contribution in [-0.4, -0.2) is 63.7 Å². The molecule has 35 heavy (non-hydrogen) atoms. The maximum absolute atomic E-state index is 9.68. The first-order valence-electron chi connectivity index (χ1n) is 12.4. The zero-order valence-corrected chi connectivity index (χ0v) is 20.9. The highest BCUT2D eigenvalue weighted by Gasteiger charge is 2.27. The summed E-state index contributed by atoms with van der Waals surface area (Å²) in [6, 6.07) is 10.5. The molecule has 1 saturated heterocycles. The molecule has 3 heterocycles. The molecule has 0 bridgehead atoms. The highest BCUT2D eigenvalue weighted by atomic mass is 16.5. The first-order valence-corrected chi connectivity index (χ1v) is 12.4. The molecule has 0 spiro atoms. The number of hydrogen-bond acceptors (Lipinski definition) is 6. The van der Waals surface area contributed by atoms with Gasteiger partial charge in [0.05, 0.1) is 45.0 Å². The highest BCUT2D eigenvalue weighted by Crippen LogP contribution is 2.40. The molecule has 2 aliphatic heterocycles. The van der Waals surface area contributed by atoms with Gasteiger partial charge in [0, 0.05) is 32.1 Å². The molecule has 5 rings (SSSR count). The van der Waals surface area contributed by atoms with Gasteiger partial charge in [0.25, 0.3) is 0 Å². The molecule has 1 fully saturated rings. The molecule has 0 aliphatic carbocycles. The third kappa shape index (κ3) is 4.75. The SMILES string of the molecule is COc1cc2c(cc1OC)-c1cc3ccc(OCCCN4CCC(O)CC4)c(OC)c3c[n+]1CC2. The highest BCUT2D eigenvalue weighted by molar-refractivity contribution is 5.91. The van der Waals surface area contributed by atoms with Crippen LogP contribution in [0.15, 0.2) is 36.5 Å². The summed E-state index contributed by atoms with van der Waals surface area (Å²) >= 11 is 0. The van der Waals surface area contributed by atoms with Crippen LogP contribution in [0.4, 0.5) is 0 Å². The summed E-state index contributed by atoms with van der Waals surface area (Å²) < 4.78 is 25.4. The van der Waals surface area contributed by atoms with Crippen molar-refractivity contribution in [3.8, 4) is 34.3 Å². The monoisotopic (exact) mass is 479 g/mol. The molecule has 1 aromatic heterocycles. The van der Waals surface area contributed by atoms with Crippen molar-refractivity contribution in [2.45, 2.75) is 38.3 Å². The quantitative estimate of drug-likeness (QED) is 0.394. The van der Waals surface area contributed by atoms with Crippen LogP contribution in [0.25, 0.3) is 22.0 Å². The van der Waals surface area contributed by atoms with E-state index < -0.39 is 0 Å². The van der Waals surface area contributed by atoms with E-state index in [1.54, 1.807) is 21.3 Å². The number of aliphatic hydroxyl groups is 1. The number of rotatable bonds is 8. The minimum atomic E-state index is -0.133. The maximum atomic E-state index is 9.68. The Morgan fingerprint density at radius 2 is 1.74 bits per heavy atom. The number of aliphatic hydroxyl groups excluding tert-OH is 1. The van der Waals surface area contributed by atoms with Crippen molar-refractivity contribution in [1.82, 2.24) is 4.90 Å². The Hall–Kier alpha value is -3.03. The smallest absolute Gasteiger partial charge is 0.213 e. The Morgan fingerprint density at radius 3 is 2.49 bits per heavy atom. The van der Waals surface area contributed by atoms with E-state index in [2.05, 4.69) is 39.9 Å². The van der Waals surface area contributed by atoms with Crippen molar-refractivity contribution in [3.63, 3.8) is 0 Å². The fourth-order valence-corrected chi connectivity index (χ4v) is 5.27. The van der Waals surface area contributed by atoms with Gasteiger partial charge in [0.15, 0.2) is 35.7 Å². The Bertz CT molecular complexity index is 1200. The molecule has 1 N–H and O–H groups in total. The normalized spacial score (nSPS) is 16.0. The molecule has 7 heteroatoms. The van der Waals surface area contributed by atoms with E-state index >= 15 is 0 Å². The van der Waals surface area contributed by atoms with E-state index in [0.29, 0.717) is 6.61 Å². The molecule has 7 nitrogen and oxygen atoms in total. The summed E-state index contributed by atoms with van der Waals surface area (Å²) in [5.41, 5.74) is 3.58. The van der Waals surface area contributed by atoms with Crippen LogP contribution in [-0.2, 0) is 13.0 Å². The minimum absolute atomic E-state index is 0.133. The third-order valence-corrected chi connectivity index (χ3v) is 7.23. The Balaban J connectivity index is 1.37. The third-order valence-electron chi connectivity index (χ3n) is 7.23. The van der Waals surface area contributed by atoms with Gasteiger partial charge >= 0.3 is 0 Å². The predicted octanol–water partition coefficient (Wildman–Crippen LogP) is 3.60. The number of nitrogens with zero attached hydrogens (tertiary/aromatic N) is 2. The number of hydrogen-bond donors (Lipinski definition) is 1. The van der Waals surface area contributed by atoms with Gasteiger partial charge in [-0.1, -0.05) is 0 Å². The van der Waals surface area contributed by atoms with E-state index in [0.717, 1.165) is 91.3 Å². The second-order valence-electron chi connectivity index (χ2n) is 9.34. The molecule has 2 aromatic carbocycles. The molecule has 0 amide bonds. The van der Waals surface area contributed by atoms with Crippen LogP contribution in [0, 0.1) is 0 Å². The largest absolute Gasteiger partial charge is 0.493 e. The molecular weight excluding hydrogens is 444 g/mol. The van der Waals surface area contributed by atoms with E-state index in [9.17, 15) is 5.11 Å². The number of fused-ring (bicyclic) bond motifs is 4. The van der Waals surface area contributed by atoms with Crippen molar-refractivity contribution in [1.29, 1.82) is 0 Å². The van der Waals surface area contributed by atoms with Crippen molar-refractivity contribution in [3.05, 3.63) is 42.1 Å². The lowest BCUT2D eigenvalue weighted by molar-refractivity contribution is -0.686. The van der Waals surface area contributed by atoms with Gasteiger partial charge in [-0.2, -0.15) is 4.57 Å². The lowest BCUT2D eigenvalue weighted by Gasteiger charge is -2.29. The number of benzene rings is 2. The standard InChI is InChI=1S/C28H35N2O5/c1-32-26-16-20-7-13-30-18-23-19(15-24(30)22(20)17-27(26)33-2)5-6-25(28(23)34-3)35-14-4-10-29-11-8-21(31)9-12-29/h5-6,15-18,21,31H,4,7-14H2,1-3H3/q+1. The van der Waals surface area contributed by atoms with Crippen LogP contribution in [0.5, 0.6) is 23.0 Å². The van der Waals surface area contributed by atoms with E-state index in [4.69, 9.17) is 18.9 Å². The number of ether oxygens (including phenoxy) is 4. The molecule has 0 radical (unpaired) electrons. The van der Waals surface area contributed by atoms with Crippen molar-refractivity contribution >= 4 is 10.8 Å². The second kappa shape index (κ2) is 10.3. The maximum Gasteiger partial charge on any atom is 0.213 e. The van der Waals surface area contributed by atoms with E-state index in [1.165, 1.54) is 11.1 Å². The number of aryl methyl sites for hydroxylation is 2. The van der Waals surface area contributed by atoms with Gasteiger partial charge in [-0.15, -0.1) is 0 Å². The van der Waals surface area contributed by atoms with E-state index in [-0.39, 0.29) is 6.10 Å². The summed E-state index contributed by atoms with van der Waals surface area (Å²) in [7, 11) is 5.05. The van der Waals surface area contributed by atoms with Gasteiger partial charge < -0.3 is 29.0 Å². The number of pyridine rings is 1. The zero-order chi connectivity index (χ0) is 24.4. The minimum Gasteiger partial charge on any atom is -0.493 e. The second-order valence-corrected chi connectivity index (χ2v) is 9.34. The van der Waals surface area contributed by atoms with Crippen LogP contribution >= 0.6 is 0 Å². The van der Waals surface area contributed by atoms with Crippen LogP contribution in [0.1, 0.15) is 24.8 Å². The Morgan fingerprint density at radius 1 is 0.971 bits per heavy atom. The zero-order valence-electron chi connectivity index (χ0n) is 20.9. The molecule has 0 unspecified atom stereocenters. The van der Waals surface area contributed by atoms with Gasteiger partial charge in [-0.25, -0.2) is 0 Å². The van der Waals surface area contributed by atoms with Gasteiger partial charge in [-0.3, -0.25) is 0 Å². The Kier molecular flexibility index (Phi) is 6.97. The molecule has 2 aliphatic rings. The van der Waals surface area contributed by atoms with Crippen molar-refractivity contribution < 1.29 is 28.6 Å². The number of aromatic nitrogens is 1. The first kappa shape index (κ1) is 23.7. The van der Waals surface area contributed by atoms with Crippen LogP contribution in [0.3, 0.4) is 0 Å². The van der Waals surface area contributed by atoms with Gasteiger partial charge in [-0.05, 0) is 54.5 Å². The summed E-state index contributed by atoms with van der Waals surface area (Å²) in [4.78, 5) is 2.40.